The van der Waals surface area contributed by atoms with E-state index in [2.05, 4.69) is 59.4 Å². The summed E-state index contributed by atoms with van der Waals surface area (Å²) in [4.78, 5) is 0. The van der Waals surface area contributed by atoms with Gasteiger partial charge in [-0.2, -0.15) is 0 Å². The van der Waals surface area contributed by atoms with Gasteiger partial charge in [-0.15, -0.1) is 6.58 Å². The third-order valence-electron chi connectivity index (χ3n) is 5.18. The molecule has 21 heavy (non-hydrogen) atoms. The van der Waals surface area contributed by atoms with Gasteiger partial charge < -0.3 is 0 Å². The van der Waals surface area contributed by atoms with Crippen LogP contribution >= 0.6 is 0 Å². The van der Waals surface area contributed by atoms with E-state index in [0.717, 1.165) is 11.8 Å². The molecule has 1 aromatic rings. The van der Waals surface area contributed by atoms with Crippen molar-refractivity contribution < 1.29 is 0 Å². The first-order chi connectivity index (χ1) is 9.93. The molecule has 118 valence electrons. The van der Waals surface area contributed by atoms with Gasteiger partial charge in [-0.1, -0.05) is 51.5 Å². The molecule has 1 aromatic carbocycles. The second-order valence-corrected chi connectivity index (χ2v) is 7.07. The minimum absolute atomic E-state index is 0.671. The first kappa shape index (κ1) is 18.0. The molecule has 0 saturated heterocycles. The second-order valence-electron chi connectivity index (χ2n) is 7.07. The Labute approximate surface area is 132 Å². The average molecular weight is 287 g/mol. The Kier molecular flexibility index (Phi) is 7.22. The summed E-state index contributed by atoms with van der Waals surface area (Å²) >= 11 is 0. The summed E-state index contributed by atoms with van der Waals surface area (Å²) in [5.41, 5.74) is 5.17. The fourth-order valence-electron chi connectivity index (χ4n) is 2.60. The van der Waals surface area contributed by atoms with Gasteiger partial charge in [0.05, 0.1) is 0 Å². The molecule has 0 amide bonds. The normalized spacial score (nSPS) is 16.6. The van der Waals surface area contributed by atoms with Crippen molar-refractivity contribution in [1.29, 1.82) is 0 Å². The molecule has 0 heterocycles. The zero-order chi connectivity index (χ0) is 15.9. The van der Waals surface area contributed by atoms with Crippen LogP contribution in [0.1, 0.15) is 81.9 Å². The molecule has 1 aliphatic carbocycles. The minimum Gasteiger partial charge on any atom is -0.103 e. The fraction of sp³-hybridized carbons (Fsp3) is 0.619. The summed E-state index contributed by atoms with van der Waals surface area (Å²) in [5.74, 6) is 0.671. The van der Waals surface area contributed by atoms with Gasteiger partial charge in [0.25, 0.3) is 0 Å². The van der Waals surface area contributed by atoms with E-state index in [0.29, 0.717) is 5.92 Å². The van der Waals surface area contributed by atoms with Gasteiger partial charge in [0.1, 0.15) is 0 Å². The van der Waals surface area contributed by atoms with Crippen LogP contribution in [-0.2, 0) is 0 Å². The third kappa shape index (κ3) is 6.08. The summed E-state index contributed by atoms with van der Waals surface area (Å²) in [7, 11) is 0. The van der Waals surface area contributed by atoms with Crippen molar-refractivity contribution in [3.63, 3.8) is 0 Å². The highest BCUT2D eigenvalue weighted by Gasteiger charge is 2.34. The number of benzene rings is 1. The van der Waals surface area contributed by atoms with Crippen LogP contribution in [0.2, 0.25) is 0 Å². The lowest BCUT2D eigenvalue weighted by molar-refractivity contribution is 0.551. The summed E-state index contributed by atoms with van der Waals surface area (Å²) in [6, 6.07) is 6.62. The predicted molar refractivity (Wildman–Crippen MR) is 96.0 cm³/mol. The molecule has 1 unspecified atom stereocenters. The first-order valence-corrected chi connectivity index (χ1v) is 8.60. The Morgan fingerprint density at radius 2 is 1.95 bits per heavy atom. The Bertz CT molecular complexity index is 437. The van der Waals surface area contributed by atoms with Crippen LogP contribution in [0.3, 0.4) is 0 Å². The SMILES string of the molecule is C=CCCCC(C)c1cccc(C)c1C.CCC1(C)CC1. The topological polar surface area (TPSA) is 0 Å². The third-order valence-corrected chi connectivity index (χ3v) is 5.18. The molecular formula is C21H34. The maximum atomic E-state index is 3.76. The molecule has 0 spiro atoms. The van der Waals surface area contributed by atoms with Gasteiger partial charge in [0.15, 0.2) is 0 Å². The van der Waals surface area contributed by atoms with Crippen molar-refractivity contribution in [1.82, 2.24) is 0 Å². The van der Waals surface area contributed by atoms with Crippen molar-refractivity contribution in [3.8, 4) is 0 Å². The number of aryl methyl sites for hydroxylation is 1. The van der Waals surface area contributed by atoms with Crippen molar-refractivity contribution in [2.75, 3.05) is 0 Å². The predicted octanol–water partition coefficient (Wildman–Crippen LogP) is 6.96. The zero-order valence-corrected chi connectivity index (χ0v) is 14.8. The van der Waals surface area contributed by atoms with Crippen molar-refractivity contribution in [2.45, 2.75) is 79.1 Å². The van der Waals surface area contributed by atoms with E-state index in [4.69, 9.17) is 0 Å². The molecule has 0 nitrogen and oxygen atoms in total. The second kappa shape index (κ2) is 8.41. The number of allylic oxidation sites excluding steroid dienone is 1. The minimum atomic E-state index is 0.671. The van der Waals surface area contributed by atoms with Crippen molar-refractivity contribution in [3.05, 3.63) is 47.5 Å². The molecule has 0 aliphatic heterocycles. The van der Waals surface area contributed by atoms with Crippen LogP contribution in [0, 0.1) is 19.3 Å². The molecule has 1 atom stereocenters. The summed E-state index contributed by atoms with van der Waals surface area (Å²) in [6.07, 6.45) is 9.99. The Morgan fingerprint density at radius 3 is 2.43 bits per heavy atom. The van der Waals surface area contributed by atoms with E-state index in [1.807, 2.05) is 6.08 Å². The smallest absolute Gasteiger partial charge is 0.0188 e. The molecule has 0 radical (unpaired) electrons. The van der Waals surface area contributed by atoms with Crippen molar-refractivity contribution >= 4 is 0 Å². The summed E-state index contributed by atoms with van der Waals surface area (Å²) in [6.45, 7) is 15.1. The van der Waals surface area contributed by atoms with Gasteiger partial charge in [0, 0.05) is 0 Å². The number of hydrogen-bond acceptors (Lipinski definition) is 0. The quantitative estimate of drug-likeness (QED) is 0.391. The van der Waals surface area contributed by atoms with Crippen LogP contribution in [0.25, 0.3) is 0 Å². The van der Waals surface area contributed by atoms with E-state index < -0.39 is 0 Å². The zero-order valence-electron chi connectivity index (χ0n) is 14.8. The van der Waals surface area contributed by atoms with Gasteiger partial charge in [-0.3, -0.25) is 0 Å². The van der Waals surface area contributed by atoms with Gasteiger partial charge >= 0.3 is 0 Å². The largest absolute Gasteiger partial charge is 0.103 e. The van der Waals surface area contributed by atoms with Gasteiger partial charge in [-0.25, -0.2) is 0 Å². The Morgan fingerprint density at radius 1 is 1.29 bits per heavy atom. The van der Waals surface area contributed by atoms with E-state index in [1.54, 1.807) is 0 Å². The van der Waals surface area contributed by atoms with Crippen LogP contribution < -0.4 is 0 Å². The molecule has 1 aliphatic rings. The molecule has 0 N–H and O–H groups in total. The fourth-order valence-corrected chi connectivity index (χ4v) is 2.60. The summed E-state index contributed by atoms with van der Waals surface area (Å²) < 4.78 is 0. The number of unbranched alkanes of at least 4 members (excludes halogenated alkanes) is 1. The Balaban J connectivity index is 0.000000304. The molecule has 2 rings (SSSR count). The standard InChI is InChI=1S/C15H22.C6H12/c1-5-6-7-9-13(3)15-11-8-10-12(2)14(15)4;1-3-6(2)4-5-6/h5,8,10-11,13H,1,6-7,9H2,2-4H3;3-5H2,1-2H3. The highest BCUT2D eigenvalue weighted by Crippen LogP contribution is 2.47. The molecule has 1 saturated carbocycles. The highest BCUT2D eigenvalue weighted by molar-refractivity contribution is 5.35. The number of hydrogen-bond donors (Lipinski definition) is 0. The molecule has 0 heteroatoms. The van der Waals surface area contributed by atoms with Crippen LogP contribution in [0.5, 0.6) is 0 Å². The Hall–Kier alpha value is -1.04. The molecule has 0 aromatic heterocycles. The molecule has 1 fully saturated rings. The average Bonchev–Trinajstić information content (AvgIpc) is 3.21. The maximum Gasteiger partial charge on any atom is -0.0188 e. The summed E-state index contributed by atoms with van der Waals surface area (Å²) in [5, 5.41) is 0. The van der Waals surface area contributed by atoms with Gasteiger partial charge in [0.2, 0.25) is 0 Å². The van der Waals surface area contributed by atoms with E-state index in [9.17, 15) is 0 Å². The van der Waals surface area contributed by atoms with Crippen LogP contribution in [0.15, 0.2) is 30.9 Å². The van der Waals surface area contributed by atoms with E-state index >= 15 is 0 Å². The first-order valence-electron chi connectivity index (χ1n) is 8.60. The van der Waals surface area contributed by atoms with Crippen molar-refractivity contribution in [2.24, 2.45) is 5.41 Å². The monoisotopic (exact) mass is 286 g/mol. The lowest BCUT2D eigenvalue weighted by Crippen LogP contribution is -1.98. The molecule has 0 bridgehead atoms. The lowest BCUT2D eigenvalue weighted by atomic mass is 9.90. The number of rotatable bonds is 6. The van der Waals surface area contributed by atoms with E-state index in [-0.39, 0.29) is 0 Å². The lowest BCUT2D eigenvalue weighted by Gasteiger charge is -2.15. The maximum absolute atomic E-state index is 3.76. The highest BCUT2D eigenvalue weighted by atomic mass is 14.4. The van der Waals surface area contributed by atoms with E-state index in [1.165, 1.54) is 48.8 Å². The van der Waals surface area contributed by atoms with Gasteiger partial charge in [-0.05, 0) is 74.0 Å². The van der Waals surface area contributed by atoms with Crippen LogP contribution in [0.4, 0.5) is 0 Å². The molecular weight excluding hydrogens is 252 g/mol. The van der Waals surface area contributed by atoms with Crippen LogP contribution in [-0.4, -0.2) is 0 Å².